The topological polar surface area (TPSA) is 132 Å². The van der Waals surface area contributed by atoms with E-state index in [1.54, 1.807) is 29.8 Å². The third kappa shape index (κ3) is 5.08. The Balaban J connectivity index is 1.26. The van der Waals surface area contributed by atoms with E-state index in [9.17, 15) is 9.59 Å². The van der Waals surface area contributed by atoms with Gasteiger partial charge in [-0.05, 0) is 73.7 Å². The molecule has 0 bridgehead atoms. The lowest BCUT2D eigenvalue weighted by Gasteiger charge is -2.23. The van der Waals surface area contributed by atoms with Crippen LogP contribution in [-0.4, -0.2) is 43.1 Å². The molecule has 0 unspecified atom stereocenters. The standard InChI is InChI=1S/C30H30N8O2/c1-19-34-30-37(17-20-5-3-2-4-6-20)18-26(29(40)38(30)36-19)28(39)35-24-9-7-22(8-10-24)25-15-23(16-33-27(25)31)21-11-13-32-14-12-21/h2-10,15-16,18,21,32H,11-14,17H2,1H3,(H2,31,33)(H,35,39). The summed E-state index contributed by atoms with van der Waals surface area (Å²) in [5.74, 6) is 1.23. The molecule has 0 spiro atoms. The molecule has 1 aliphatic rings. The Kier molecular flexibility index (Phi) is 6.83. The van der Waals surface area contributed by atoms with Crippen molar-refractivity contribution in [2.24, 2.45) is 0 Å². The summed E-state index contributed by atoms with van der Waals surface area (Å²) < 4.78 is 2.95. The summed E-state index contributed by atoms with van der Waals surface area (Å²) >= 11 is 0. The van der Waals surface area contributed by atoms with Crippen LogP contribution in [0.1, 0.15) is 46.1 Å². The Morgan fingerprint density at radius 1 is 1.10 bits per heavy atom. The lowest BCUT2D eigenvalue weighted by Crippen LogP contribution is -2.29. The Bertz CT molecular complexity index is 1740. The van der Waals surface area contributed by atoms with Gasteiger partial charge in [0.05, 0.1) is 6.54 Å². The number of aromatic nitrogens is 5. The van der Waals surface area contributed by atoms with E-state index in [1.807, 2.05) is 48.7 Å². The third-order valence-electron chi connectivity index (χ3n) is 7.30. The van der Waals surface area contributed by atoms with Crippen LogP contribution in [-0.2, 0) is 6.54 Å². The fourth-order valence-electron chi connectivity index (χ4n) is 5.19. The number of carbonyl (C=O) groups is 1. The molecule has 0 saturated carbocycles. The highest BCUT2D eigenvalue weighted by molar-refractivity contribution is 6.04. The van der Waals surface area contributed by atoms with Crippen LogP contribution in [0.15, 0.2) is 77.9 Å². The minimum absolute atomic E-state index is 0.0273. The second kappa shape index (κ2) is 10.7. The number of amides is 1. The van der Waals surface area contributed by atoms with Crippen molar-refractivity contribution in [1.29, 1.82) is 0 Å². The fourth-order valence-corrected chi connectivity index (χ4v) is 5.19. The molecule has 40 heavy (non-hydrogen) atoms. The van der Waals surface area contributed by atoms with Gasteiger partial charge in [-0.1, -0.05) is 42.5 Å². The van der Waals surface area contributed by atoms with Gasteiger partial charge < -0.3 is 20.9 Å². The third-order valence-corrected chi connectivity index (χ3v) is 7.30. The zero-order valence-electron chi connectivity index (χ0n) is 22.2. The molecule has 0 radical (unpaired) electrons. The zero-order valence-corrected chi connectivity index (χ0v) is 22.2. The van der Waals surface area contributed by atoms with Gasteiger partial charge in [-0.3, -0.25) is 9.59 Å². The average Bonchev–Trinajstić information content (AvgIpc) is 3.38. The molecule has 6 rings (SSSR count). The number of piperidine rings is 1. The molecule has 0 aliphatic carbocycles. The molecule has 4 heterocycles. The monoisotopic (exact) mass is 534 g/mol. The van der Waals surface area contributed by atoms with E-state index in [0.29, 0.717) is 35.6 Å². The van der Waals surface area contributed by atoms with Crippen molar-refractivity contribution in [3.63, 3.8) is 0 Å². The number of benzene rings is 2. The molecule has 1 amide bonds. The first-order valence-electron chi connectivity index (χ1n) is 13.3. The largest absolute Gasteiger partial charge is 0.383 e. The van der Waals surface area contributed by atoms with Gasteiger partial charge in [-0.15, -0.1) is 5.10 Å². The molecule has 10 heteroatoms. The van der Waals surface area contributed by atoms with Crippen LogP contribution in [0, 0.1) is 6.92 Å². The van der Waals surface area contributed by atoms with Crippen molar-refractivity contribution in [3.8, 4) is 11.1 Å². The summed E-state index contributed by atoms with van der Waals surface area (Å²) in [6, 6.07) is 19.3. The van der Waals surface area contributed by atoms with Crippen molar-refractivity contribution in [1.82, 2.24) is 29.5 Å². The summed E-state index contributed by atoms with van der Waals surface area (Å²) in [5, 5.41) is 10.5. The van der Waals surface area contributed by atoms with Crippen molar-refractivity contribution in [3.05, 3.63) is 106 Å². The van der Waals surface area contributed by atoms with E-state index >= 15 is 0 Å². The first kappa shape index (κ1) is 25.4. The van der Waals surface area contributed by atoms with Crippen LogP contribution < -0.4 is 21.9 Å². The number of hydrogen-bond acceptors (Lipinski definition) is 7. The first-order chi connectivity index (χ1) is 19.5. The van der Waals surface area contributed by atoms with E-state index < -0.39 is 11.5 Å². The Hall–Kier alpha value is -4.83. The van der Waals surface area contributed by atoms with Crippen LogP contribution in [0.5, 0.6) is 0 Å². The van der Waals surface area contributed by atoms with E-state index in [-0.39, 0.29) is 5.56 Å². The summed E-state index contributed by atoms with van der Waals surface area (Å²) in [7, 11) is 0. The number of carbonyl (C=O) groups excluding carboxylic acids is 1. The molecule has 2 aromatic carbocycles. The summed E-state index contributed by atoms with van der Waals surface area (Å²) in [4.78, 5) is 35.3. The summed E-state index contributed by atoms with van der Waals surface area (Å²) in [6.07, 6.45) is 5.56. The quantitative estimate of drug-likeness (QED) is 0.303. The summed E-state index contributed by atoms with van der Waals surface area (Å²) in [6.45, 7) is 4.15. The van der Waals surface area contributed by atoms with Crippen molar-refractivity contribution >= 4 is 23.2 Å². The summed E-state index contributed by atoms with van der Waals surface area (Å²) in [5.41, 5.74) is 10.2. The van der Waals surface area contributed by atoms with Gasteiger partial charge in [0.2, 0.25) is 5.78 Å². The van der Waals surface area contributed by atoms with Crippen LogP contribution >= 0.6 is 0 Å². The molecule has 1 fully saturated rings. The predicted molar refractivity (Wildman–Crippen MR) is 154 cm³/mol. The van der Waals surface area contributed by atoms with E-state index in [2.05, 4.69) is 31.8 Å². The van der Waals surface area contributed by atoms with Crippen LogP contribution in [0.25, 0.3) is 16.9 Å². The Morgan fingerprint density at radius 3 is 2.60 bits per heavy atom. The van der Waals surface area contributed by atoms with Gasteiger partial charge in [0.15, 0.2) is 0 Å². The highest BCUT2D eigenvalue weighted by atomic mass is 16.2. The van der Waals surface area contributed by atoms with Crippen molar-refractivity contribution < 1.29 is 4.79 Å². The molecule has 4 N–H and O–H groups in total. The maximum absolute atomic E-state index is 13.3. The van der Waals surface area contributed by atoms with Crippen molar-refractivity contribution in [2.45, 2.75) is 32.2 Å². The normalized spacial score (nSPS) is 13.9. The van der Waals surface area contributed by atoms with E-state index in [1.165, 1.54) is 10.1 Å². The smallest absolute Gasteiger partial charge is 0.288 e. The number of pyridine rings is 1. The fraction of sp³-hybridized carbons (Fsp3) is 0.233. The number of nitrogens with zero attached hydrogens (tertiary/aromatic N) is 5. The molecule has 3 aromatic heterocycles. The number of nitrogen functional groups attached to an aromatic ring is 1. The highest BCUT2D eigenvalue weighted by Gasteiger charge is 2.20. The SMILES string of the molecule is Cc1nc2n(Cc3ccccc3)cc(C(=O)Nc3ccc(-c4cc(C5CCNCC5)cnc4N)cc3)c(=O)n2n1. The minimum atomic E-state index is -0.525. The van der Waals surface area contributed by atoms with Gasteiger partial charge >= 0.3 is 0 Å². The lowest BCUT2D eigenvalue weighted by molar-refractivity contribution is 0.102. The number of hydrogen-bond donors (Lipinski definition) is 3. The van der Waals surface area contributed by atoms with E-state index in [4.69, 9.17) is 5.73 Å². The number of fused-ring (bicyclic) bond motifs is 1. The minimum Gasteiger partial charge on any atom is -0.383 e. The molecule has 202 valence electrons. The number of nitrogens with two attached hydrogens (primary N) is 1. The molecule has 1 saturated heterocycles. The van der Waals surface area contributed by atoms with Crippen molar-refractivity contribution in [2.75, 3.05) is 24.1 Å². The first-order valence-corrected chi connectivity index (χ1v) is 13.3. The highest BCUT2D eigenvalue weighted by Crippen LogP contribution is 2.32. The van der Waals surface area contributed by atoms with Crippen LogP contribution in [0.3, 0.4) is 0 Å². The number of anilines is 2. The molecule has 10 nitrogen and oxygen atoms in total. The predicted octanol–water partition coefficient (Wildman–Crippen LogP) is 3.61. The number of rotatable bonds is 6. The maximum atomic E-state index is 13.3. The second-order valence-electron chi connectivity index (χ2n) is 10.1. The molecular formula is C30H30N8O2. The van der Waals surface area contributed by atoms with Crippen LogP contribution in [0.4, 0.5) is 11.5 Å². The zero-order chi connectivity index (χ0) is 27.6. The maximum Gasteiger partial charge on any atom is 0.288 e. The van der Waals surface area contributed by atoms with Gasteiger partial charge in [-0.2, -0.15) is 9.50 Å². The average molecular weight is 535 g/mol. The lowest BCUT2D eigenvalue weighted by atomic mass is 9.90. The van der Waals surface area contributed by atoms with Gasteiger partial charge in [0, 0.05) is 23.6 Å². The van der Waals surface area contributed by atoms with Crippen LogP contribution in [0.2, 0.25) is 0 Å². The molecular weight excluding hydrogens is 504 g/mol. The molecule has 1 aliphatic heterocycles. The number of aryl methyl sites for hydroxylation is 1. The van der Waals surface area contributed by atoms with E-state index in [0.717, 1.165) is 42.6 Å². The molecule has 0 atom stereocenters. The van der Waals surface area contributed by atoms with Gasteiger partial charge in [-0.25, -0.2) is 4.98 Å². The number of nitrogens with one attached hydrogen (secondary N) is 2. The van der Waals surface area contributed by atoms with Gasteiger partial charge in [0.1, 0.15) is 17.2 Å². The second-order valence-corrected chi connectivity index (χ2v) is 10.1. The Labute approximate surface area is 230 Å². The Morgan fingerprint density at radius 2 is 1.85 bits per heavy atom. The van der Waals surface area contributed by atoms with Gasteiger partial charge in [0.25, 0.3) is 11.5 Å². The molecule has 5 aromatic rings.